The lowest BCUT2D eigenvalue weighted by molar-refractivity contribution is -0.294. The first-order chi connectivity index (χ1) is 8.01. The molecule has 9 heteroatoms. The van der Waals surface area contributed by atoms with E-state index in [1.807, 2.05) is 0 Å². The van der Waals surface area contributed by atoms with Gasteiger partial charge < -0.3 is 14.4 Å². The van der Waals surface area contributed by atoms with Crippen LogP contribution >= 0.6 is 0 Å². The van der Waals surface area contributed by atoms with Crippen molar-refractivity contribution < 1.29 is 36.2 Å². The maximum Gasteiger partial charge on any atom is 0.456 e. The lowest BCUT2D eigenvalue weighted by Gasteiger charge is -2.20. The van der Waals surface area contributed by atoms with E-state index in [2.05, 4.69) is 9.47 Å². The van der Waals surface area contributed by atoms with Crippen molar-refractivity contribution in [1.29, 1.82) is 0 Å². The van der Waals surface area contributed by atoms with Crippen LogP contribution in [0.15, 0.2) is 12.0 Å². The zero-order chi connectivity index (χ0) is 14.6. The number of esters is 1. The monoisotopic (exact) mass is 277 g/mol. The molecule has 0 N–H and O–H groups in total. The Kier molecular flexibility index (Phi) is 5.37. The number of halogens is 5. The second-order valence-corrected chi connectivity index (χ2v) is 3.44. The molecule has 0 radical (unpaired) electrons. The number of rotatable bonds is 5. The molecular weight excluding hydrogens is 265 g/mol. The number of carbonyl (C=O) groups is 1. The Bertz CT molecular complexity index is 325. The molecule has 106 valence electrons. The highest BCUT2D eigenvalue weighted by molar-refractivity contribution is 5.85. The molecule has 0 saturated heterocycles. The summed E-state index contributed by atoms with van der Waals surface area (Å²) >= 11 is 0. The largest absolute Gasteiger partial charge is 0.479 e. The maximum absolute atomic E-state index is 12.6. The molecule has 18 heavy (non-hydrogen) atoms. The lowest BCUT2D eigenvalue weighted by Crippen LogP contribution is -2.41. The van der Waals surface area contributed by atoms with Crippen molar-refractivity contribution in [3.05, 3.63) is 12.0 Å². The van der Waals surface area contributed by atoms with E-state index in [4.69, 9.17) is 0 Å². The number of ether oxygens (including phenoxy) is 2. The third-order valence-electron chi connectivity index (χ3n) is 1.59. The number of nitrogens with zero attached hydrogens (tertiary/aromatic N) is 1. The Balaban J connectivity index is 4.79. The highest BCUT2D eigenvalue weighted by atomic mass is 19.4. The zero-order valence-corrected chi connectivity index (χ0v) is 9.85. The van der Waals surface area contributed by atoms with Crippen molar-refractivity contribution in [2.45, 2.75) is 12.1 Å². The van der Waals surface area contributed by atoms with Gasteiger partial charge in [0, 0.05) is 20.3 Å². The minimum atomic E-state index is -5.74. The van der Waals surface area contributed by atoms with Gasteiger partial charge in [0.05, 0.1) is 7.11 Å². The first-order valence-electron chi connectivity index (χ1n) is 4.55. The highest BCUT2D eigenvalue weighted by Crippen LogP contribution is 2.35. The molecule has 0 aliphatic heterocycles. The van der Waals surface area contributed by atoms with E-state index < -0.39 is 30.4 Å². The van der Waals surface area contributed by atoms with E-state index in [9.17, 15) is 26.7 Å². The van der Waals surface area contributed by atoms with E-state index >= 15 is 0 Å². The van der Waals surface area contributed by atoms with Gasteiger partial charge in [-0.05, 0) is 0 Å². The van der Waals surface area contributed by atoms with Crippen LogP contribution < -0.4 is 0 Å². The van der Waals surface area contributed by atoms with Crippen molar-refractivity contribution in [3.63, 3.8) is 0 Å². The number of carbonyl (C=O) groups excluding carboxylic acids is 1. The molecule has 0 aromatic rings. The molecule has 0 spiro atoms. The summed E-state index contributed by atoms with van der Waals surface area (Å²) < 4.78 is 69.0. The fourth-order valence-corrected chi connectivity index (χ4v) is 0.734. The van der Waals surface area contributed by atoms with Gasteiger partial charge in [-0.15, -0.1) is 0 Å². The summed E-state index contributed by atoms with van der Waals surface area (Å²) in [6, 6.07) is 0. The van der Waals surface area contributed by atoms with Crippen molar-refractivity contribution in [1.82, 2.24) is 4.90 Å². The molecule has 0 aromatic carbocycles. The average molecular weight is 277 g/mol. The molecule has 0 rings (SSSR count). The quantitative estimate of drug-likeness (QED) is 0.332. The number of alkyl halides is 5. The van der Waals surface area contributed by atoms with Gasteiger partial charge in [-0.25, -0.2) is 4.79 Å². The topological polar surface area (TPSA) is 38.8 Å². The van der Waals surface area contributed by atoms with Crippen LogP contribution in [0.4, 0.5) is 22.0 Å². The third kappa shape index (κ3) is 4.76. The summed E-state index contributed by atoms with van der Waals surface area (Å²) in [5.74, 6) is -6.94. The Labute approximate surface area is 99.9 Å². The molecule has 0 aliphatic carbocycles. The SMILES string of the molecule is COC(=O)/C(=C\N(C)C)OCC(F)(F)C(F)(F)F. The average Bonchev–Trinajstić information content (AvgIpc) is 2.21. The summed E-state index contributed by atoms with van der Waals surface area (Å²) in [7, 11) is 3.79. The van der Waals surface area contributed by atoms with Crippen molar-refractivity contribution >= 4 is 5.97 Å². The lowest BCUT2D eigenvalue weighted by atomic mass is 10.3. The van der Waals surface area contributed by atoms with Crippen LogP contribution in [-0.4, -0.2) is 50.8 Å². The van der Waals surface area contributed by atoms with Crippen LogP contribution in [0, 0.1) is 0 Å². The Morgan fingerprint density at radius 2 is 1.72 bits per heavy atom. The highest BCUT2D eigenvalue weighted by Gasteiger charge is 2.58. The number of methoxy groups -OCH3 is 1. The van der Waals surface area contributed by atoms with Crippen LogP contribution in [0.5, 0.6) is 0 Å². The van der Waals surface area contributed by atoms with Gasteiger partial charge in [-0.3, -0.25) is 0 Å². The van der Waals surface area contributed by atoms with Gasteiger partial charge in [0.2, 0.25) is 5.76 Å². The Hall–Kier alpha value is -1.54. The molecule has 0 amide bonds. The minimum Gasteiger partial charge on any atom is -0.479 e. The van der Waals surface area contributed by atoms with Gasteiger partial charge in [0.25, 0.3) is 0 Å². The van der Waals surface area contributed by atoms with Gasteiger partial charge in [-0.1, -0.05) is 0 Å². The molecule has 0 fully saturated rings. The van der Waals surface area contributed by atoms with E-state index in [0.717, 1.165) is 13.3 Å². The fraction of sp³-hybridized carbons (Fsp3) is 0.667. The van der Waals surface area contributed by atoms with Gasteiger partial charge in [-0.2, -0.15) is 22.0 Å². The first-order valence-corrected chi connectivity index (χ1v) is 4.55. The van der Waals surface area contributed by atoms with Gasteiger partial charge in [0.15, 0.2) is 6.61 Å². The predicted molar refractivity (Wildman–Crippen MR) is 50.7 cm³/mol. The molecule has 0 aliphatic rings. The molecule has 0 unspecified atom stereocenters. The van der Waals surface area contributed by atoms with Gasteiger partial charge in [0.1, 0.15) is 0 Å². The standard InChI is InChI=1S/C9H12F5NO3/c1-15(2)4-6(7(16)17-3)18-5-8(10,11)9(12,13)14/h4H,5H2,1-3H3/b6-4+. The Morgan fingerprint density at radius 3 is 2.06 bits per heavy atom. The molecule has 4 nitrogen and oxygen atoms in total. The molecule has 0 bridgehead atoms. The van der Waals surface area contributed by atoms with Crippen LogP contribution in [0.3, 0.4) is 0 Å². The van der Waals surface area contributed by atoms with E-state index in [-0.39, 0.29) is 0 Å². The smallest absolute Gasteiger partial charge is 0.456 e. The second-order valence-electron chi connectivity index (χ2n) is 3.44. The van der Waals surface area contributed by atoms with Crippen LogP contribution in [0.2, 0.25) is 0 Å². The van der Waals surface area contributed by atoms with Crippen molar-refractivity contribution in [3.8, 4) is 0 Å². The summed E-state index contributed by atoms with van der Waals surface area (Å²) in [6.07, 6.45) is -4.81. The summed E-state index contributed by atoms with van der Waals surface area (Å²) in [5.41, 5.74) is 0. The minimum absolute atomic E-state index is 0.744. The molecular formula is C9H12F5NO3. The summed E-state index contributed by atoms with van der Waals surface area (Å²) in [5, 5.41) is 0. The first kappa shape index (κ1) is 16.5. The molecule has 0 saturated carbocycles. The summed E-state index contributed by atoms with van der Waals surface area (Å²) in [4.78, 5) is 12.3. The van der Waals surface area contributed by atoms with E-state index in [0.29, 0.717) is 0 Å². The molecule has 0 aromatic heterocycles. The second kappa shape index (κ2) is 5.87. The number of hydrogen-bond donors (Lipinski definition) is 0. The van der Waals surface area contributed by atoms with Crippen LogP contribution in [0.1, 0.15) is 0 Å². The molecule has 0 heterocycles. The van der Waals surface area contributed by atoms with E-state index in [1.165, 1.54) is 19.0 Å². The van der Waals surface area contributed by atoms with E-state index in [1.54, 1.807) is 0 Å². The fourth-order valence-electron chi connectivity index (χ4n) is 0.734. The molecule has 0 atom stereocenters. The van der Waals surface area contributed by atoms with Crippen molar-refractivity contribution in [2.24, 2.45) is 0 Å². The maximum atomic E-state index is 12.6. The van der Waals surface area contributed by atoms with Crippen molar-refractivity contribution in [2.75, 3.05) is 27.8 Å². The Morgan fingerprint density at radius 1 is 1.22 bits per heavy atom. The summed E-state index contributed by atoms with van der Waals surface area (Å²) in [6.45, 7) is -1.99. The third-order valence-corrected chi connectivity index (χ3v) is 1.59. The normalized spacial score (nSPS) is 13.2. The van der Waals surface area contributed by atoms with Gasteiger partial charge >= 0.3 is 18.1 Å². The number of hydrogen-bond acceptors (Lipinski definition) is 4. The van der Waals surface area contributed by atoms with Crippen LogP contribution in [0.25, 0.3) is 0 Å². The zero-order valence-electron chi connectivity index (χ0n) is 9.85. The predicted octanol–water partition coefficient (Wildman–Crippen LogP) is 1.78. The van der Waals surface area contributed by atoms with Crippen LogP contribution in [-0.2, 0) is 14.3 Å².